The lowest BCUT2D eigenvalue weighted by atomic mass is 10.1. The summed E-state index contributed by atoms with van der Waals surface area (Å²) in [7, 11) is 0. The van der Waals surface area contributed by atoms with E-state index in [0.29, 0.717) is 11.0 Å². The standard InChI is InChI=1S/C19H20N4OS/c1-12-7-9-15(10-8-12)18-21-19(23-22-18)25-11-16(24)20-17-13(2)5-4-6-14(17)3/h4-10H,11H2,1-3H3,(H,20,24)(H,21,22,23). The van der Waals surface area contributed by atoms with Gasteiger partial charge in [-0.05, 0) is 31.9 Å². The van der Waals surface area contributed by atoms with Crippen molar-refractivity contribution in [1.82, 2.24) is 15.2 Å². The van der Waals surface area contributed by atoms with Crippen molar-refractivity contribution in [1.29, 1.82) is 0 Å². The van der Waals surface area contributed by atoms with Crippen LogP contribution in [0.3, 0.4) is 0 Å². The molecule has 25 heavy (non-hydrogen) atoms. The minimum Gasteiger partial charge on any atom is -0.325 e. The van der Waals surface area contributed by atoms with Crippen molar-refractivity contribution in [2.45, 2.75) is 25.9 Å². The Kier molecular flexibility index (Phi) is 5.19. The SMILES string of the molecule is Cc1ccc(-c2nnc(SCC(=O)Nc3c(C)cccc3C)[nH]2)cc1. The maximum Gasteiger partial charge on any atom is 0.234 e. The smallest absolute Gasteiger partial charge is 0.234 e. The molecule has 6 heteroatoms. The summed E-state index contributed by atoms with van der Waals surface area (Å²) in [6.07, 6.45) is 0. The number of hydrogen-bond donors (Lipinski definition) is 2. The lowest BCUT2D eigenvalue weighted by Crippen LogP contribution is -2.15. The minimum atomic E-state index is -0.0596. The number of aromatic nitrogens is 3. The summed E-state index contributed by atoms with van der Waals surface area (Å²) in [5.74, 6) is 0.921. The number of H-pyrrole nitrogens is 1. The lowest BCUT2D eigenvalue weighted by molar-refractivity contribution is -0.113. The quantitative estimate of drug-likeness (QED) is 0.678. The predicted octanol–water partition coefficient (Wildman–Crippen LogP) is 4.13. The maximum atomic E-state index is 12.2. The van der Waals surface area contributed by atoms with Crippen LogP contribution in [0.15, 0.2) is 47.6 Å². The Morgan fingerprint density at radius 1 is 1.04 bits per heavy atom. The fraction of sp³-hybridized carbons (Fsp3) is 0.211. The molecular formula is C19H20N4OS. The number of anilines is 1. The first-order chi connectivity index (χ1) is 12.0. The molecule has 0 radical (unpaired) electrons. The molecule has 1 heterocycles. The largest absolute Gasteiger partial charge is 0.325 e. The van der Waals surface area contributed by atoms with Gasteiger partial charge in [-0.25, -0.2) is 0 Å². The average molecular weight is 352 g/mol. The van der Waals surface area contributed by atoms with E-state index < -0.39 is 0 Å². The van der Waals surface area contributed by atoms with E-state index in [1.54, 1.807) is 0 Å². The van der Waals surface area contributed by atoms with Gasteiger partial charge in [-0.1, -0.05) is 59.8 Å². The van der Waals surface area contributed by atoms with Gasteiger partial charge in [0.15, 0.2) is 11.0 Å². The number of rotatable bonds is 5. The molecule has 1 aromatic heterocycles. The van der Waals surface area contributed by atoms with Crippen LogP contribution in [-0.4, -0.2) is 26.8 Å². The number of para-hydroxylation sites is 1. The Morgan fingerprint density at radius 3 is 2.40 bits per heavy atom. The second kappa shape index (κ2) is 7.53. The number of nitrogens with one attached hydrogen (secondary N) is 2. The molecule has 0 aliphatic rings. The van der Waals surface area contributed by atoms with E-state index in [1.165, 1.54) is 17.3 Å². The van der Waals surface area contributed by atoms with E-state index in [2.05, 4.69) is 20.5 Å². The number of nitrogens with zero attached hydrogens (tertiary/aromatic N) is 2. The van der Waals surface area contributed by atoms with Crippen LogP contribution in [0.25, 0.3) is 11.4 Å². The first-order valence-corrected chi connectivity index (χ1v) is 9.00. The summed E-state index contributed by atoms with van der Waals surface area (Å²) in [6, 6.07) is 14.0. The molecule has 0 aliphatic carbocycles. The molecule has 1 amide bonds. The fourth-order valence-electron chi connectivity index (χ4n) is 2.47. The lowest BCUT2D eigenvalue weighted by Gasteiger charge is -2.10. The van der Waals surface area contributed by atoms with Crippen LogP contribution in [-0.2, 0) is 4.79 Å². The molecule has 0 unspecified atom stereocenters. The van der Waals surface area contributed by atoms with Crippen LogP contribution in [0.5, 0.6) is 0 Å². The number of carbonyl (C=O) groups excluding carboxylic acids is 1. The van der Waals surface area contributed by atoms with Crippen molar-refractivity contribution in [3.05, 3.63) is 59.2 Å². The molecule has 0 saturated heterocycles. The van der Waals surface area contributed by atoms with Crippen LogP contribution >= 0.6 is 11.8 Å². The molecule has 0 spiro atoms. The van der Waals surface area contributed by atoms with E-state index >= 15 is 0 Å². The van der Waals surface area contributed by atoms with E-state index in [1.807, 2.05) is 63.2 Å². The normalized spacial score (nSPS) is 10.7. The Hall–Kier alpha value is -2.60. The van der Waals surface area contributed by atoms with E-state index in [4.69, 9.17) is 0 Å². The number of aryl methyl sites for hydroxylation is 3. The maximum absolute atomic E-state index is 12.2. The van der Waals surface area contributed by atoms with Gasteiger partial charge in [-0.3, -0.25) is 4.79 Å². The fourth-order valence-corrected chi connectivity index (χ4v) is 3.08. The number of thioether (sulfide) groups is 1. The van der Waals surface area contributed by atoms with Crippen molar-refractivity contribution in [2.75, 3.05) is 11.1 Å². The zero-order valence-electron chi connectivity index (χ0n) is 14.5. The third kappa shape index (κ3) is 4.28. The first kappa shape index (κ1) is 17.2. The number of hydrogen-bond acceptors (Lipinski definition) is 4. The van der Waals surface area contributed by atoms with Crippen LogP contribution in [0, 0.1) is 20.8 Å². The summed E-state index contributed by atoms with van der Waals surface area (Å²) >= 11 is 1.34. The Labute approximate surface area is 151 Å². The third-order valence-electron chi connectivity index (χ3n) is 3.88. The summed E-state index contributed by atoms with van der Waals surface area (Å²) in [5, 5.41) is 11.9. The Balaban J connectivity index is 1.60. The van der Waals surface area contributed by atoms with Gasteiger partial charge < -0.3 is 10.3 Å². The molecule has 0 fully saturated rings. The Morgan fingerprint density at radius 2 is 1.72 bits per heavy atom. The molecule has 5 nitrogen and oxygen atoms in total. The molecule has 128 valence electrons. The van der Waals surface area contributed by atoms with Gasteiger partial charge in [0.05, 0.1) is 5.75 Å². The summed E-state index contributed by atoms with van der Waals surface area (Å²) in [6.45, 7) is 6.01. The summed E-state index contributed by atoms with van der Waals surface area (Å²) in [5.41, 5.74) is 5.16. The van der Waals surface area contributed by atoms with Gasteiger partial charge in [0.2, 0.25) is 5.91 Å². The topological polar surface area (TPSA) is 70.7 Å². The van der Waals surface area contributed by atoms with Gasteiger partial charge in [-0.15, -0.1) is 10.2 Å². The van der Waals surface area contributed by atoms with Crippen molar-refractivity contribution in [3.63, 3.8) is 0 Å². The van der Waals surface area contributed by atoms with E-state index in [-0.39, 0.29) is 11.7 Å². The molecular weight excluding hydrogens is 332 g/mol. The van der Waals surface area contributed by atoms with Crippen LogP contribution in [0.1, 0.15) is 16.7 Å². The molecule has 0 bridgehead atoms. The number of aromatic amines is 1. The number of amides is 1. The third-order valence-corrected chi connectivity index (χ3v) is 4.74. The number of carbonyl (C=O) groups is 1. The molecule has 3 aromatic rings. The van der Waals surface area contributed by atoms with Gasteiger partial charge in [0.25, 0.3) is 0 Å². The van der Waals surface area contributed by atoms with Crippen LogP contribution < -0.4 is 5.32 Å². The zero-order chi connectivity index (χ0) is 17.8. The van der Waals surface area contributed by atoms with Gasteiger partial charge in [-0.2, -0.15) is 0 Å². The number of benzene rings is 2. The molecule has 3 rings (SSSR count). The Bertz CT molecular complexity index is 866. The molecule has 0 saturated carbocycles. The zero-order valence-corrected chi connectivity index (χ0v) is 15.3. The second-order valence-corrected chi connectivity index (χ2v) is 6.91. The molecule has 0 atom stereocenters. The average Bonchev–Trinajstić information content (AvgIpc) is 3.06. The van der Waals surface area contributed by atoms with Crippen molar-refractivity contribution in [2.24, 2.45) is 0 Å². The highest BCUT2D eigenvalue weighted by molar-refractivity contribution is 7.99. The second-order valence-electron chi connectivity index (χ2n) is 5.95. The van der Waals surface area contributed by atoms with Crippen LogP contribution in [0.2, 0.25) is 0 Å². The van der Waals surface area contributed by atoms with E-state index in [0.717, 1.165) is 22.4 Å². The molecule has 2 N–H and O–H groups in total. The van der Waals surface area contributed by atoms with Gasteiger partial charge in [0, 0.05) is 11.3 Å². The van der Waals surface area contributed by atoms with Crippen LogP contribution in [0.4, 0.5) is 5.69 Å². The van der Waals surface area contributed by atoms with Crippen molar-refractivity contribution < 1.29 is 4.79 Å². The predicted molar refractivity (Wildman–Crippen MR) is 102 cm³/mol. The summed E-state index contributed by atoms with van der Waals surface area (Å²) in [4.78, 5) is 15.4. The highest BCUT2D eigenvalue weighted by atomic mass is 32.2. The molecule has 0 aliphatic heterocycles. The highest BCUT2D eigenvalue weighted by Gasteiger charge is 2.10. The van der Waals surface area contributed by atoms with Crippen molar-refractivity contribution in [3.8, 4) is 11.4 Å². The minimum absolute atomic E-state index is 0.0596. The van der Waals surface area contributed by atoms with Gasteiger partial charge >= 0.3 is 0 Å². The molecule has 2 aromatic carbocycles. The van der Waals surface area contributed by atoms with E-state index in [9.17, 15) is 4.79 Å². The summed E-state index contributed by atoms with van der Waals surface area (Å²) < 4.78 is 0. The monoisotopic (exact) mass is 352 g/mol. The first-order valence-electron chi connectivity index (χ1n) is 8.01. The van der Waals surface area contributed by atoms with Gasteiger partial charge in [0.1, 0.15) is 0 Å². The van der Waals surface area contributed by atoms with Crippen molar-refractivity contribution >= 4 is 23.4 Å². The highest BCUT2D eigenvalue weighted by Crippen LogP contribution is 2.22.